The number of carbonyl (C=O) groups is 2. The predicted molar refractivity (Wildman–Crippen MR) is 124 cm³/mol. The predicted octanol–water partition coefficient (Wildman–Crippen LogP) is 4.04. The number of hydrogen-bond acceptors (Lipinski definition) is 6. The number of pyridine rings is 2. The topological polar surface area (TPSA) is 106 Å². The first-order valence-electron chi connectivity index (χ1n) is 10.0. The Hall–Kier alpha value is -3.72. The SMILES string of the molecule is CCNC(=O)c1cc2c(-c3sc(C(C)=O)cc3Oc3ncccc3C)cn(C)c(=O)c2[nH]1. The second-order valence-corrected chi connectivity index (χ2v) is 8.43. The Morgan fingerprint density at radius 1 is 1.31 bits per heavy atom. The molecular formula is C23H22N4O4S. The van der Waals surface area contributed by atoms with Crippen molar-refractivity contribution in [3.8, 4) is 22.1 Å². The molecule has 0 radical (unpaired) electrons. The van der Waals surface area contributed by atoms with E-state index in [2.05, 4.69) is 15.3 Å². The summed E-state index contributed by atoms with van der Waals surface area (Å²) in [7, 11) is 1.64. The van der Waals surface area contributed by atoms with Gasteiger partial charge in [-0.15, -0.1) is 11.3 Å². The van der Waals surface area contributed by atoms with Crippen LogP contribution in [-0.2, 0) is 7.05 Å². The van der Waals surface area contributed by atoms with Crippen molar-refractivity contribution in [2.24, 2.45) is 7.05 Å². The van der Waals surface area contributed by atoms with E-state index in [0.717, 1.165) is 5.56 Å². The molecule has 8 nitrogen and oxygen atoms in total. The molecule has 0 atom stereocenters. The monoisotopic (exact) mass is 450 g/mol. The van der Waals surface area contributed by atoms with Crippen LogP contribution in [0.4, 0.5) is 0 Å². The number of hydrogen-bond donors (Lipinski definition) is 2. The van der Waals surface area contributed by atoms with Crippen LogP contribution in [0.1, 0.15) is 39.6 Å². The molecule has 4 aromatic heterocycles. The fraction of sp³-hybridized carbons (Fsp3) is 0.217. The van der Waals surface area contributed by atoms with Crippen LogP contribution < -0.4 is 15.6 Å². The minimum Gasteiger partial charge on any atom is -0.437 e. The lowest BCUT2D eigenvalue weighted by atomic mass is 10.1. The van der Waals surface area contributed by atoms with Crippen molar-refractivity contribution in [1.82, 2.24) is 19.9 Å². The lowest BCUT2D eigenvalue weighted by molar-refractivity contribution is 0.0950. The average Bonchev–Trinajstić information content (AvgIpc) is 3.38. The molecule has 0 spiro atoms. The molecule has 4 aromatic rings. The van der Waals surface area contributed by atoms with E-state index in [9.17, 15) is 14.4 Å². The number of amides is 1. The van der Waals surface area contributed by atoms with Crippen molar-refractivity contribution in [2.75, 3.05) is 6.54 Å². The summed E-state index contributed by atoms with van der Waals surface area (Å²) in [5.41, 5.74) is 1.86. The van der Waals surface area contributed by atoms with Crippen LogP contribution in [0.15, 0.2) is 41.5 Å². The number of aromatic amines is 1. The molecule has 0 aliphatic carbocycles. The average molecular weight is 451 g/mol. The van der Waals surface area contributed by atoms with Crippen molar-refractivity contribution in [1.29, 1.82) is 0 Å². The Morgan fingerprint density at radius 2 is 2.09 bits per heavy atom. The number of rotatable bonds is 6. The van der Waals surface area contributed by atoms with E-state index >= 15 is 0 Å². The van der Waals surface area contributed by atoms with Gasteiger partial charge in [0.05, 0.1) is 9.75 Å². The van der Waals surface area contributed by atoms with Gasteiger partial charge >= 0.3 is 0 Å². The van der Waals surface area contributed by atoms with Crippen molar-refractivity contribution in [3.63, 3.8) is 0 Å². The van der Waals surface area contributed by atoms with Gasteiger partial charge in [0.25, 0.3) is 11.5 Å². The summed E-state index contributed by atoms with van der Waals surface area (Å²) in [5, 5.41) is 3.31. The summed E-state index contributed by atoms with van der Waals surface area (Å²) in [5.74, 6) is 0.498. The minimum absolute atomic E-state index is 0.0954. The van der Waals surface area contributed by atoms with Gasteiger partial charge in [0.1, 0.15) is 17.0 Å². The Balaban J connectivity index is 1.94. The number of Topliss-reactive ketones (excluding diaryl/α,β-unsaturated/α-hetero) is 1. The lowest BCUT2D eigenvalue weighted by Crippen LogP contribution is -2.23. The molecule has 2 N–H and O–H groups in total. The second kappa shape index (κ2) is 8.43. The molecule has 0 aliphatic heterocycles. The maximum absolute atomic E-state index is 12.7. The molecule has 0 saturated heterocycles. The molecule has 0 saturated carbocycles. The van der Waals surface area contributed by atoms with E-state index in [1.165, 1.54) is 22.8 Å². The summed E-state index contributed by atoms with van der Waals surface area (Å²) < 4.78 is 7.55. The summed E-state index contributed by atoms with van der Waals surface area (Å²) in [6, 6.07) is 7.04. The van der Waals surface area contributed by atoms with Crippen LogP contribution in [-0.4, -0.2) is 32.8 Å². The quantitative estimate of drug-likeness (QED) is 0.431. The van der Waals surface area contributed by atoms with Gasteiger partial charge in [0.15, 0.2) is 5.78 Å². The zero-order chi connectivity index (χ0) is 23.0. The third kappa shape index (κ3) is 3.82. The molecule has 1 amide bonds. The first-order chi connectivity index (χ1) is 15.3. The Labute approximate surface area is 187 Å². The summed E-state index contributed by atoms with van der Waals surface area (Å²) in [6.07, 6.45) is 3.32. The van der Waals surface area contributed by atoms with Crippen LogP contribution in [0.2, 0.25) is 0 Å². The van der Waals surface area contributed by atoms with Gasteiger partial charge in [-0.25, -0.2) is 4.98 Å². The highest BCUT2D eigenvalue weighted by Crippen LogP contribution is 2.43. The van der Waals surface area contributed by atoms with Crippen molar-refractivity contribution >= 4 is 33.9 Å². The number of nitrogens with one attached hydrogen (secondary N) is 2. The van der Waals surface area contributed by atoms with Crippen LogP contribution in [0.5, 0.6) is 11.6 Å². The number of nitrogens with zero attached hydrogens (tertiary/aromatic N) is 2. The maximum atomic E-state index is 12.7. The van der Waals surface area contributed by atoms with Gasteiger partial charge in [-0.3, -0.25) is 14.4 Å². The molecular weight excluding hydrogens is 428 g/mol. The van der Waals surface area contributed by atoms with E-state index in [1.54, 1.807) is 31.6 Å². The summed E-state index contributed by atoms with van der Waals surface area (Å²) in [6.45, 7) is 5.66. The van der Waals surface area contributed by atoms with Crippen LogP contribution in [0.3, 0.4) is 0 Å². The number of aryl methyl sites for hydroxylation is 2. The normalized spacial score (nSPS) is 11.0. The van der Waals surface area contributed by atoms with Crippen LogP contribution in [0.25, 0.3) is 21.3 Å². The van der Waals surface area contributed by atoms with Gasteiger partial charge in [-0.2, -0.15) is 0 Å². The summed E-state index contributed by atoms with van der Waals surface area (Å²) >= 11 is 1.27. The third-order valence-corrected chi connectivity index (χ3v) is 6.25. The lowest BCUT2D eigenvalue weighted by Gasteiger charge is -2.10. The number of aromatic nitrogens is 3. The minimum atomic E-state index is -0.298. The zero-order valence-corrected chi connectivity index (χ0v) is 18.9. The molecule has 0 aromatic carbocycles. The number of thiophene rings is 1. The maximum Gasteiger partial charge on any atom is 0.274 e. The largest absolute Gasteiger partial charge is 0.437 e. The second-order valence-electron chi connectivity index (χ2n) is 7.38. The van der Waals surface area contributed by atoms with Gasteiger partial charge < -0.3 is 19.6 Å². The Bertz CT molecular complexity index is 1410. The molecule has 4 heterocycles. The summed E-state index contributed by atoms with van der Waals surface area (Å²) in [4.78, 5) is 45.7. The molecule has 164 valence electrons. The van der Waals surface area contributed by atoms with E-state index in [1.807, 2.05) is 26.0 Å². The van der Waals surface area contributed by atoms with Gasteiger partial charge in [0, 0.05) is 48.6 Å². The van der Waals surface area contributed by atoms with E-state index in [0.29, 0.717) is 44.4 Å². The van der Waals surface area contributed by atoms with Crippen LogP contribution >= 0.6 is 11.3 Å². The molecule has 32 heavy (non-hydrogen) atoms. The Kier molecular flexibility index (Phi) is 5.67. The van der Waals surface area contributed by atoms with E-state index in [4.69, 9.17) is 4.74 Å². The van der Waals surface area contributed by atoms with Crippen molar-refractivity contribution in [3.05, 3.63) is 63.1 Å². The molecule has 9 heteroatoms. The van der Waals surface area contributed by atoms with E-state index < -0.39 is 0 Å². The van der Waals surface area contributed by atoms with Gasteiger partial charge in [-0.1, -0.05) is 6.07 Å². The van der Waals surface area contributed by atoms with Crippen molar-refractivity contribution in [2.45, 2.75) is 20.8 Å². The number of carbonyl (C=O) groups excluding carboxylic acids is 2. The number of fused-ring (bicyclic) bond motifs is 1. The van der Waals surface area contributed by atoms with Crippen molar-refractivity contribution < 1.29 is 14.3 Å². The van der Waals surface area contributed by atoms with Gasteiger partial charge in [-0.05, 0) is 32.9 Å². The zero-order valence-electron chi connectivity index (χ0n) is 18.1. The molecule has 0 fully saturated rings. The smallest absolute Gasteiger partial charge is 0.274 e. The molecule has 0 bridgehead atoms. The van der Waals surface area contributed by atoms with Gasteiger partial charge in [0.2, 0.25) is 5.88 Å². The molecule has 4 rings (SSSR count). The molecule has 0 aliphatic rings. The Morgan fingerprint density at radius 3 is 2.78 bits per heavy atom. The first-order valence-corrected chi connectivity index (χ1v) is 10.9. The van der Waals surface area contributed by atoms with Crippen LogP contribution in [0, 0.1) is 6.92 Å². The molecule has 0 unspecified atom stereocenters. The van der Waals surface area contributed by atoms with E-state index in [-0.39, 0.29) is 22.9 Å². The fourth-order valence-corrected chi connectivity index (χ4v) is 4.39. The first kappa shape index (κ1) is 21.5. The fourth-order valence-electron chi connectivity index (χ4n) is 3.39. The number of H-pyrrole nitrogens is 1. The number of ether oxygens (including phenoxy) is 1. The highest BCUT2D eigenvalue weighted by Gasteiger charge is 2.22. The standard InChI is InChI=1S/C23H22N4O4S/c1-5-24-21(29)16-9-14-15(11-27(4)23(30)19(14)26-16)20-17(10-18(32-20)13(3)28)31-22-12(2)7-6-8-25-22/h6-11,26H,5H2,1-4H3,(H,24,29). The third-order valence-electron chi connectivity index (χ3n) is 5.00. The highest BCUT2D eigenvalue weighted by atomic mass is 32.1. The number of ketones is 1. The highest BCUT2D eigenvalue weighted by molar-refractivity contribution is 7.18.